The van der Waals surface area contributed by atoms with Crippen LogP contribution in [0.25, 0.3) is 0 Å². The molecule has 6 heteroatoms. The molecule has 2 rings (SSSR count). The van der Waals surface area contributed by atoms with Gasteiger partial charge in [-0.25, -0.2) is 0 Å². The zero-order valence-electron chi connectivity index (χ0n) is 14.5. The number of anilines is 1. The third-order valence-corrected chi connectivity index (χ3v) is 3.45. The summed E-state index contributed by atoms with van der Waals surface area (Å²) in [5.41, 5.74) is 8.02. The number of benzene rings is 2. The molecule has 0 heterocycles. The summed E-state index contributed by atoms with van der Waals surface area (Å²) in [6.45, 7) is 2.04. The zero-order chi connectivity index (χ0) is 17.0. The van der Waals surface area contributed by atoms with Gasteiger partial charge < -0.3 is 20.5 Å². The van der Waals surface area contributed by atoms with Gasteiger partial charge in [0.15, 0.2) is 5.96 Å². The van der Waals surface area contributed by atoms with Crippen molar-refractivity contribution in [2.75, 3.05) is 32.2 Å². The summed E-state index contributed by atoms with van der Waals surface area (Å²) in [6.07, 6.45) is 1.78. The standard InChI is InChI=1S/C19H25N3O2.HI/c1-23-18-10-5-9-17(15-18)22-19(20)21-12-6-13-24-14-11-16-7-3-2-4-8-16;/h2-5,7-10,15H,6,11-14H2,1H3,(H3,20,21,22);1H. The van der Waals surface area contributed by atoms with Crippen molar-refractivity contribution >= 4 is 35.6 Å². The normalized spacial score (nSPS) is 10.8. The number of nitrogens with zero attached hydrogens (tertiary/aromatic N) is 1. The highest BCUT2D eigenvalue weighted by Gasteiger charge is 1.97. The second-order valence-electron chi connectivity index (χ2n) is 5.33. The Labute approximate surface area is 166 Å². The number of ether oxygens (including phenoxy) is 2. The maximum absolute atomic E-state index is 5.87. The number of hydrogen-bond acceptors (Lipinski definition) is 3. The lowest BCUT2D eigenvalue weighted by molar-refractivity contribution is 0.136. The molecule has 0 unspecified atom stereocenters. The predicted octanol–water partition coefficient (Wildman–Crippen LogP) is 3.69. The zero-order valence-corrected chi connectivity index (χ0v) is 16.8. The van der Waals surface area contributed by atoms with Crippen molar-refractivity contribution < 1.29 is 9.47 Å². The van der Waals surface area contributed by atoms with Crippen LogP contribution in [0.1, 0.15) is 12.0 Å². The number of aliphatic imine (C=N–C) groups is 1. The van der Waals surface area contributed by atoms with E-state index in [0.717, 1.165) is 30.9 Å². The van der Waals surface area contributed by atoms with E-state index in [1.807, 2.05) is 42.5 Å². The minimum Gasteiger partial charge on any atom is -0.497 e. The van der Waals surface area contributed by atoms with Crippen molar-refractivity contribution in [3.8, 4) is 5.75 Å². The van der Waals surface area contributed by atoms with E-state index in [1.54, 1.807) is 7.11 Å². The molecule has 136 valence electrons. The molecule has 0 aliphatic heterocycles. The number of nitrogens with one attached hydrogen (secondary N) is 1. The first-order valence-corrected chi connectivity index (χ1v) is 8.10. The van der Waals surface area contributed by atoms with Gasteiger partial charge in [0, 0.05) is 24.9 Å². The van der Waals surface area contributed by atoms with Gasteiger partial charge in [0.2, 0.25) is 0 Å². The maximum atomic E-state index is 5.87. The van der Waals surface area contributed by atoms with E-state index >= 15 is 0 Å². The van der Waals surface area contributed by atoms with E-state index < -0.39 is 0 Å². The number of guanidine groups is 1. The van der Waals surface area contributed by atoms with Crippen molar-refractivity contribution in [1.82, 2.24) is 0 Å². The monoisotopic (exact) mass is 455 g/mol. The van der Waals surface area contributed by atoms with Crippen molar-refractivity contribution in [3.05, 3.63) is 60.2 Å². The molecule has 0 spiro atoms. The molecule has 0 atom stereocenters. The number of rotatable bonds is 9. The van der Waals surface area contributed by atoms with E-state index in [4.69, 9.17) is 15.2 Å². The topological polar surface area (TPSA) is 68.9 Å². The number of hydrogen-bond donors (Lipinski definition) is 2. The van der Waals surface area contributed by atoms with E-state index in [1.165, 1.54) is 5.56 Å². The fourth-order valence-electron chi connectivity index (χ4n) is 2.19. The molecule has 0 amide bonds. The molecule has 2 aromatic carbocycles. The van der Waals surface area contributed by atoms with E-state index in [2.05, 4.69) is 22.4 Å². The lowest BCUT2D eigenvalue weighted by Gasteiger charge is -2.07. The molecule has 25 heavy (non-hydrogen) atoms. The van der Waals surface area contributed by atoms with Gasteiger partial charge in [-0.3, -0.25) is 4.99 Å². The molecular weight excluding hydrogens is 429 g/mol. The Balaban J connectivity index is 0.00000312. The highest BCUT2D eigenvalue weighted by Crippen LogP contribution is 2.16. The van der Waals surface area contributed by atoms with Crippen molar-refractivity contribution in [1.29, 1.82) is 0 Å². The van der Waals surface area contributed by atoms with Crippen molar-refractivity contribution in [2.24, 2.45) is 10.7 Å². The van der Waals surface area contributed by atoms with Crippen LogP contribution in [-0.4, -0.2) is 32.8 Å². The van der Waals surface area contributed by atoms with Crippen LogP contribution >= 0.6 is 24.0 Å². The molecule has 0 saturated carbocycles. The molecular formula is C19H26IN3O2. The molecule has 0 aliphatic rings. The van der Waals surface area contributed by atoms with Crippen LogP contribution in [0, 0.1) is 0 Å². The third kappa shape index (κ3) is 8.74. The van der Waals surface area contributed by atoms with Gasteiger partial charge in [0.1, 0.15) is 5.75 Å². The Morgan fingerprint density at radius 2 is 1.88 bits per heavy atom. The van der Waals surface area contributed by atoms with Gasteiger partial charge in [-0.05, 0) is 30.5 Å². The Hall–Kier alpha value is -1.80. The van der Waals surface area contributed by atoms with Gasteiger partial charge in [-0.15, -0.1) is 24.0 Å². The molecule has 0 aromatic heterocycles. The second-order valence-corrected chi connectivity index (χ2v) is 5.33. The molecule has 3 N–H and O–H groups in total. The van der Waals surface area contributed by atoms with Gasteiger partial charge in [0.05, 0.1) is 13.7 Å². The second kappa shape index (κ2) is 12.5. The fourth-order valence-corrected chi connectivity index (χ4v) is 2.19. The minimum absolute atomic E-state index is 0. The Kier molecular flexibility index (Phi) is 10.7. The number of nitrogens with two attached hydrogens (primary N) is 1. The Morgan fingerprint density at radius 1 is 1.08 bits per heavy atom. The molecule has 0 aliphatic carbocycles. The fraction of sp³-hybridized carbons (Fsp3) is 0.316. The van der Waals surface area contributed by atoms with Gasteiger partial charge in [0.25, 0.3) is 0 Å². The molecule has 2 aromatic rings. The van der Waals surface area contributed by atoms with Crippen LogP contribution < -0.4 is 15.8 Å². The summed E-state index contributed by atoms with van der Waals surface area (Å²) in [4.78, 5) is 4.29. The molecule has 0 saturated heterocycles. The third-order valence-electron chi connectivity index (χ3n) is 3.45. The first-order chi connectivity index (χ1) is 11.8. The molecule has 5 nitrogen and oxygen atoms in total. The maximum Gasteiger partial charge on any atom is 0.193 e. The minimum atomic E-state index is 0. The van der Waals surface area contributed by atoms with Crippen molar-refractivity contribution in [2.45, 2.75) is 12.8 Å². The smallest absolute Gasteiger partial charge is 0.193 e. The summed E-state index contributed by atoms with van der Waals surface area (Å²) < 4.78 is 10.8. The lowest BCUT2D eigenvalue weighted by atomic mass is 10.2. The predicted molar refractivity (Wildman–Crippen MR) is 114 cm³/mol. The van der Waals surface area contributed by atoms with Crippen LogP contribution in [0.5, 0.6) is 5.75 Å². The van der Waals surface area contributed by atoms with Crippen LogP contribution in [0.15, 0.2) is 59.6 Å². The number of methoxy groups -OCH3 is 1. The van der Waals surface area contributed by atoms with Crippen LogP contribution in [0.3, 0.4) is 0 Å². The summed E-state index contributed by atoms with van der Waals surface area (Å²) in [5, 5.41) is 3.05. The first-order valence-electron chi connectivity index (χ1n) is 8.10. The van der Waals surface area contributed by atoms with Crippen LogP contribution in [0.4, 0.5) is 5.69 Å². The summed E-state index contributed by atoms with van der Waals surface area (Å²) in [7, 11) is 1.63. The van der Waals surface area contributed by atoms with Gasteiger partial charge in [-0.2, -0.15) is 0 Å². The lowest BCUT2D eigenvalue weighted by Crippen LogP contribution is -2.23. The van der Waals surface area contributed by atoms with Gasteiger partial charge >= 0.3 is 0 Å². The molecule has 0 radical (unpaired) electrons. The summed E-state index contributed by atoms with van der Waals surface area (Å²) in [5.74, 6) is 1.17. The highest BCUT2D eigenvalue weighted by molar-refractivity contribution is 14.0. The number of halogens is 1. The average molecular weight is 455 g/mol. The largest absolute Gasteiger partial charge is 0.497 e. The van der Waals surface area contributed by atoms with Crippen molar-refractivity contribution in [3.63, 3.8) is 0 Å². The van der Waals surface area contributed by atoms with E-state index in [-0.39, 0.29) is 24.0 Å². The Morgan fingerprint density at radius 3 is 2.64 bits per heavy atom. The summed E-state index contributed by atoms with van der Waals surface area (Å²) >= 11 is 0. The molecule has 0 fully saturated rings. The van der Waals surface area contributed by atoms with E-state index in [9.17, 15) is 0 Å². The van der Waals surface area contributed by atoms with Gasteiger partial charge in [-0.1, -0.05) is 36.4 Å². The van der Waals surface area contributed by atoms with Crippen LogP contribution in [0.2, 0.25) is 0 Å². The SMILES string of the molecule is COc1cccc(NC(N)=NCCCOCCc2ccccc2)c1.I. The first kappa shape index (κ1) is 21.2. The Bertz CT molecular complexity index is 636. The highest BCUT2D eigenvalue weighted by atomic mass is 127. The average Bonchev–Trinajstić information content (AvgIpc) is 2.62. The summed E-state index contributed by atoms with van der Waals surface area (Å²) in [6, 6.07) is 17.9. The van der Waals surface area contributed by atoms with Crippen LogP contribution in [-0.2, 0) is 11.2 Å². The quantitative estimate of drug-likeness (QED) is 0.262. The molecule has 0 bridgehead atoms. The van der Waals surface area contributed by atoms with E-state index in [0.29, 0.717) is 19.1 Å².